The number of esters is 1. The highest BCUT2D eigenvalue weighted by Crippen LogP contribution is 2.31. The van der Waals surface area contributed by atoms with Crippen molar-refractivity contribution >= 4 is 39.0 Å². The fourth-order valence-electron chi connectivity index (χ4n) is 3.70. The number of nitrogens with one attached hydrogen (secondary N) is 1. The molecule has 2 aromatic carbocycles. The normalized spacial score (nSPS) is 11.3. The minimum atomic E-state index is -4.89. The Kier molecular flexibility index (Phi) is 8.19. The van der Waals surface area contributed by atoms with Crippen molar-refractivity contribution in [2.24, 2.45) is 0 Å². The largest absolute Gasteiger partial charge is 0.573 e. The molecule has 0 spiro atoms. The van der Waals surface area contributed by atoms with Gasteiger partial charge in [-0.25, -0.2) is 4.79 Å². The summed E-state index contributed by atoms with van der Waals surface area (Å²) in [7, 11) is 1.56. The molecule has 2 aromatic heterocycles. The summed E-state index contributed by atoms with van der Waals surface area (Å²) in [6.45, 7) is 1.65. The number of carbonyl (C=O) groups is 2. The third kappa shape index (κ3) is 6.55. The highest BCUT2D eigenvalue weighted by molar-refractivity contribution is 7.16. The zero-order chi connectivity index (χ0) is 28.2. The molecule has 0 bridgehead atoms. The number of amides is 1. The van der Waals surface area contributed by atoms with Crippen LogP contribution >= 0.6 is 11.3 Å². The molecule has 4 rings (SSSR count). The van der Waals surface area contributed by atoms with Crippen LogP contribution in [0.25, 0.3) is 16.5 Å². The van der Waals surface area contributed by atoms with Gasteiger partial charge in [0.15, 0.2) is 5.69 Å². The lowest BCUT2D eigenvalue weighted by molar-refractivity contribution is -0.274. The maximum Gasteiger partial charge on any atom is 0.573 e. The number of carbonyl (C=O) groups excluding carboxylic acids is 2. The average molecular weight is 562 g/mol. The van der Waals surface area contributed by atoms with Gasteiger partial charge in [0, 0.05) is 17.2 Å². The number of rotatable bonds is 9. The molecule has 0 radical (unpaired) electrons. The number of fused-ring (bicyclic) bond motifs is 1. The summed E-state index contributed by atoms with van der Waals surface area (Å²) >= 11 is 1.04. The van der Waals surface area contributed by atoms with Gasteiger partial charge in [0.25, 0.3) is 5.56 Å². The van der Waals surface area contributed by atoms with Crippen LogP contribution in [-0.4, -0.2) is 41.7 Å². The van der Waals surface area contributed by atoms with Crippen LogP contribution < -0.4 is 20.3 Å². The van der Waals surface area contributed by atoms with Gasteiger partial charge in [0.1, 0.15) is 16.5 Å². The van der Waals surface area contributed by atoms with E-state index in [1.807, 2.05) is 12.1 Å². The first-order valence-corrected chi connectivity index (χ1v) is 12.5. The fraction of sp³-hybridized carbons (Fsp3) is 0.231. The van der Waals surface area contributed by atoms with Crippen LogP contribution in [-0.2, 0) is 16.0 Å². The van der Waals surface area contributed by atoms with E-state index in [0.29, 0.717) is 12.2 Å². The number of aromatic nitrogens is 2. The molecule has 0 aliphatic carbocycles. The summed E-state index contributed by atoms with van der Waals surface area (Å²) in [5.41, 5.74) is 0.118. The Morgan fingerprint density at radius 1 is 1.05 bits per heavy atom. The van der Waals surface area contributed by atoms with E-state index in [1.165, 1.54) is 17.5 Å². The summed E-state index contributed by atoms with van der Waals surface area (Å²) < 4.78 is 52.5. The minimum absolute atomic E-state index is 0.0199. The van der Waals surface area contributed by atoms with Gasteiger partial charge in [0.2, 0.25) is 5.91 Å². The standard InChI is InChI=1S/C26H22F3N3O6S/c1-3-37-25(35)22-19-14-39-23(30-20(33)13-6-15-4-9-17(36-2)10-5-15)21(19)24(34)32(31-22)16-7-11-18(12-8-16)38-26(27,28)29/h4-5,7-12,14H,3,6,13H2,1-2H3,(H,30,33). The van der Waals surface area contributed by atoms with E-state index < -0.39 is 23.6 Å². The lowest BCUT2D eigenvalue weighted by Crippen LogP contribution is -2.25. The van der Waals surface area contributed by atoms with E-state index in [4.69, 9.17) is 9.47 Å². The van der Waals surface area contributed by atoms with Crippen LogP contribution in [0.4, 0.5) is 18.2 Å². The molecule has 0 fully saturated rings. The van der Waals surface area contributed by atoms with Gasteiger partial charge < -0.3 is 19.5 Å². The van der Waals surface area contributed by atoms with Crippen molar-refractivity contribution in [2.75, 3.05) is 19.0 Å². The molecule has 0 aliphatic heterocycles. The smallest absolute Gasteiger partial charge is 0.497 e. The molecule has 39 heavy (non-hydrogen) atoms. The lowest BCUT2D eigenvalue weighted by Gasteiger charge is -2.12. The number of benzene rings is 2. The number of hydrogen-bond acceptors (Lipinski definition) is 8. The average Bonchev–Trinajstić information content (AvgIpc) is 3.32. The Balaban J connectivity index is 1.66. The molecule has 9 nitrogen and oxygen atoms in total. The molecular formula is C26H22F3N3O6S. The van der Waals surface area contributed by atoms with E-state index in [9.17, 15) is 27.6 Å². The number of alkyl halides is 3. The zero-order valence-corrected chi connectivity index (χ0v) is 21.5. The molecule has 1 amide bonds. The number of nitrogens with zero attached hydrogens (tertiary/aromatic N) is 2. The topological polar surface area (TPSA) is 109 Å². The van der Waals surface area contributed by atoms with Gasteiger partial charge in [-0.3, -0.25) is 9.59 Å². The van der Waals surface area contributed by atoms with Gasteiger partial charge >= 0.3 is 12.3 Å². The van der Waals surface area contributed by atoms with Crippen LogP contribution in [0, 0.1) is 0 Å². The SMILES string of the molecule is CCOC(=O)c1nn(-c2ccc(OC(F)(F)F)cc2)c(=O)c2c(NC(=O)CCc3ccc(OC)cc3)scc12. The molecule has 4 aromatic rings. The predicted molar refractivity (Wildman–Crippen MR) is 138 cm³/mol. The highest BCUT2D eigenvalue weighted by atomic mass is 32.1. The highest BCUT2D eigenvalue weighted by Gasteiger charge is 2.31. The molecule has 13 heteroatoms. The first-order valence-electron chi connectivity index (χ1n) is 11.6. The van der Waals surface area contributed by atoms with Crippen molar-refractivity contribution in [1.82, 2.24) is 9.78 Å². The second-order valence-corrected chi connectivity index (χ2v) is 8.96. The van der Waals surface area contributed by atoms with Crippen LogP contribution in [0.1, 0.15) is 29.4 Å². The molecule has 0 saturated heterocycles. The van der Waals surface area contributed by atoms with Crippen molar-refractivity contribution in [3.63, 3.8) is 0 Å². The van der Waals surface area contributed by atoms with Crippen molar-refractivity contribution in [3.05, 3.63) is 75.5 Å². The summed E-state index contributed by atoms with van der Waals surface area (Å²) in [6.07, 6.45) is -4.33. The van der Waals surface area contributed by atoms with Crippen molar-refractivity contribution in [3.8, 4) is 17.2 Å². The fourth-order valence-corrected chi connectivity index (χ4v) is 4.65. The maximum absolute atomic E-state index is 13.5. The Morgan fingerprint density at radius 3 is 2.33 bits per heavy atom. The summed E-state index contributed by atoms with van der Waals surface area (Å²) in [4.78, 5) is 38.9. The Labute approximate surface area is 223 Å². The molecule has 204 valence electrons. The van der Waals surface area contributed by atoms with Crippen LogP contribution in [0.2, 0.25) is 0 Å². The number of ether oxygens (including phenoxy) is 3. The second-order valence-electron chi connectivity index (χ2n) is 8.08. The first-order chi connectivity index (χ1) is 18.6. The summed E-state index contributed by atoms with van der Waals surface area (Å²) in [6, 6.07) is 11.7. The third-order valence-corrected chi connectivity index (χ3v) is 6.38. The molecule has 0 unspecified atom stereocenters. The van der Waals surface area contributed by atoms with E-state index in [0.717, 1.165) is 33.7 Å². The number of halogens is 3. The number of aryl methyl sites for hydroxylation is 1. The molecular weight excluding hydrogens is 539 g/mol. The maximum atomic E-state index is 13.5. The Morgan fingerprint density at radius 2 is 1.72 bits per heavy atom. The first kappa shape index (κ1) is 27.6. The summed E-state index contributed by atoms with van der Waals surface area (Å²) in [5.74, 6) is -0.962. The van der Waals surface area contributed by atoms with E-state index in [-0.39, 0.29) is 46.1 Å². The van der Waals surface area contributed by atoms with Gasteiger partial charge in [-0.15, -0.1) is 24.5 Å². The molecule has 0 saturated carbocycles. The predicted octanol–water partition coefficient (Wildman–Crippen LogP) is 5.10. The van der Waals surface area contributed by atoms with Crippen LogP contribution in [0.3, 0.4) is 0 Å². The molecule has 1 N–H and O–H groups in total. The van der Waals surface area contributed by atoms with E-state index in [2.05, 4.69) is 15.2 Å². The van der Waals surface area contributed by atoms with Crippen molar-refractivity contribution in [2.45, 2.75) is 26.1 Å². The third-order valence-electron chi connectivity index (χ3n) is 5.49. The number of methoxy groups -OCH3 is 1. The van der Waals surface area contributed by atoms with Crippen LogP contribution in [0.5, 0.6) is 11.5 Å². The van der Waals surface area contributed by atoms with Gasteiger partial charge in [0.05, 0.1) is 24.8 Å². The number of thiophene rings is 1. The van der Waals surface area contributed by atoms with E-state index >= 15 is 0 Å². The quantitative estimate of drug-likeness (QED) is 0.283. The van der Waals surface area contributed by atoms with Gasteiger partial charge in [-0.2, -0.15) is 9.78 Å². The Hall–Kier alpha value is -4.39. The van der Waals surface area contributed by atoms with Gasteiger partial charge in [-0.1, -0.05) is 12.1 Å². The number of hydrogen-bond donors (Lipinski definition) is 1. The van der Waals surface area contributed by atoms with E-state index in [1.54, 1.807) is 26.2 Å². The minimum Gasteiger partial charge on any atom is -0.497 e. The second kappa shape index (κ2) is 11.6. The van der Waals surface area contributed by atoms with Crippen molar-refractivity contribution < 1.29 is 37.0 Å². The lowest BCUT2D eigenvalue weighted by atomic mass is 10.1. The molecule has 0 atom stereocenters. The summed E-state index contributed by atoms with van der Waals surface area (Å²) in [5, 5.41) is 8.77. The van der Waals surface area contributed by atoms with Crippen molar-refractivity contribution in [1.29, 1.82) is 0 Å². The zero-order valence-electron chi connectivity index (χ0n) is 20.7. The monoisotopic (exact) mass is 561 g/mol. The van der Waals surface area contributed by atoms with Crippen LogP contribution in [0.15, 0.2) is 58.7 Å². The Bertz CT molecular complexity index is 1550. The number of anilines is 1. The van der Waals surface area contributed by atoms with Gasteiger partial charge in [-0.05, 0) is 55.3 Å². The molecule has 0 aliphatic rings. The molecule has 2 heterocycles.